The number of halogens is 3. The fourth-order valence-corrected chi connectivity index (χ4v) is 3.46. The van der Waals surface area contributed by atoms with Gasteiger partial charge in [-0.15, -0.1) is 11.3 Å². The molecule has 1 fully saturated rings. The lowest BCUT2D eigenvalue weighted by atomic mass is 9.88. The molecule has 1 aliphatic rings. The molecule has 5 nitrogen and oxygen atoms in total. The van der Waals surface area contributed by atoms with E-state index in [9.17, 15) is 22.8 Å². The highest BCUT2D eigenvalue weighted by Gasteiger charge is 2.56. The number of likely N-dealkylation sites (tertiary alicyclic amines) is 1. The van der Waals surface area contributed by atoms with Gasteiger partial charge in [-0.2, -0.15) is 13.2 Å². The van der Waals surface area contributed by atoms with Crippen molar-refractivity contribution in [3.8, 4) is 0 Å². The van der Waals surface area contributed by atoms with E-state index in [1.807, 2.05) is 0 Å². The molecule has 0 spiro atoms. The highest BCUT2D eigenvalue weighted by Crippen LogP contribution is 2.45. The molecule has 0 radical (unpaired) electrons. The maximum Gasteiger partial charge on any atom is 0.394 e. The van der Waals surface area contributed by atoms with Gasteiger partial charge in [-0.3, -0.25) is 9.59 Å². The van der Waals surface area contributed by atoms with Gasteiger partial charge >= 0.3 is 6.18 Å². The SMILES string of the molecule is CC(=O)Nc1nc(C(=O)N2CCC(C(F)(F)F)C2(C)C)cs1. The topological polar surface area (TPSA) is 62.3 Å². The fourth-order valence-electron chi connectivity index (χ4n) is 2.73. The number of hydrogen-bond donors (Lipinski definition) is 1. The largest absolute Gasteiger partial charge is 0.394 e. The summed E-state index contributed by atoms with van der Waals surface area (Å²) in [4.78, 5) is 28.5. The third-order valence-corrected chi connectivity index (χ3v) is 4.59. The summed E-state index contributed by atoms with van der Waals surface area (Å²) in [5.41, 5.74) is -1.28. The van der Waals surface area contributed by atoms with Crippen molar-refractivity contribution in [2.45, 2.75) is 38.9 Å². The number of anilines is 1. The maximum absolute atomic E-state index is 13.0. The number of carbonyl (C=O) groups is 2. The standard InChI is InChI=1S/C13H16F3N3O2S/c1-7(20)17-11-18-8(6-22-11)10(21)19-5-4-9(12(19,2)3)13(14,15)16/h6,9H,4-5H2,1-3H3,(H,17,18,20). The molecular formula is C13H16F3N3O2S. The minimum atomic E-state index is -4.35. The zero-order valence-corrected chi connectivity index (χ0v) is 13.1. The van der Waals surface area contributed by atoms with Crippen molar-refractivity contribution in [1.29, 1.82) is 0 Å². The van der Waals surface area contributed by atoms with E-state index in [-0.39, 0.29) is 29.7 Å². The molecule has 1 aromatic heterocycles. The van der Waals surface area contributed by atoms with E-state index < -0.39 is 23.5 Å². The molecule has 1 aliphatic heterocycles. The molecular weight excluding hydrogens is 319 g/mol. The molecule has 2 rings (SSSR count). The first-order chi connectivity index (χ1) is 10.0. The van der Waals surface area contributed by atoms with Gasteiger partial charge in [0.15, 0.2) is 5.13 Å². The van der Waals surface area contributed by atoms with Gasteiger partial charge in [-0.25, -0.2) is 4.98 Å². The van der Waals surface area contributed by atoms with Crippen LogP contribution in [0.3, 0.4) is 0 Å². The first-order valence-electron chi connectivity index (χ1n) is 6.65. The van der Waals surface area contributed by atoms with Crippen LogP contribution in [0.1, 0.15) is 37.7 Å². The Balaban J connectivity index is 2.20. The second kappa shape index (κ2) is 5.53. The number of hydrogen-bond acceptors (Lipinski definition) is 4. The van der Waals surface area contributed by atoms with Crippen molar-refractivity contribution in [2.75, 3.05) is 11.9 Å². The quantitative estimate of drug-likeness (QED) is 0.904. The van der Waals surface area contributed by atoms with Crippen LogP contribution in [0.25, 0.3) is 0 Å². The Labute approximate surface area is 129 Å². The number of alkyl halides is 3. The fraction of sp³-hybridized carbons (Fsp3) is 0.615. The van der Waals surface area contributed by atoms with Crippen molar-refractivity contribution >= 4 is 28.3 Å². The molecule has 22 heavy (non-hydrogen) atoms. The molecule has 0 bridgehead atoms. The molecule has 2 amide bonds. The molecule has 1 N–H and O–H groups in total. The van der Waals surface area contributed by atoms with Crippen LogP contribution >= 0.6 is 11.3 Å². The molecule has 1 atom stereocenters. The summed E-state index contributed by atoms with van der Waals surface area (Å²) >= 11 is 1.06. The molecule has 122 valence electrons. The van der Waals surface area contributed by atoms with Crippen LogP contribution in [0.15, 0.2) is 5.38 Å². The van der Waals surface area contributed by atoms with Crippen molar-refractivity contribution < 1.29 is 22.8 Å². The van der Waals surface area contributed by atoms with Crippen LogP contribution < -0.4 is 5.32 Å². The molecule has 0 aromatic carbocycles. The monoisotopic (exact) mass is 335 g/mol. The number of amides is 2. The maximum atomic E-state index is 13.0. The predicted octanol–water partition coefficient (Wildman–Crippen LogP) is 2.90. The Kier molecular flexibility index (Phi) is 4.20. The summed E-state index contributed by atoms with van der Waals surface area (Å²) in [6.45, 7) is 4.16. The van der Waals surface area contributed by atoms with E-state index in [1.54, 1.807) is 0 Å². The minimum absolute atomic E-state index is 0.0308. The third-order valence-electron chi connectivity index (χ3n) is 3.84. The van der Waals surface area contributed by atoms with Crippen LogP contribution in [0.4, 0.5) is 18.3 Å². The molecule has 2 heterocycles. The lowest BCUT2D eigenvalue weighted by Gasteiger charge is -2.36. The van der Waals surface area contributed by atoms with Crippen LogP contribution in [-0.4, -0.2) is 40.0 Å². The van der Waals surface area contributed by atoms with Crippen molar-refractivity contribution in [3.63, 3.8) is 0 Å². The molecule has 1 saturated heterocycles. The summed E-state index contributed by atoms with van der Waals surface area (Å²) in [5, 5.41) is 4.13. The van der Waals surface area contributed by atoms with E-state index in [0.717, 1.165) is 11.3 Å². The predicted molar refractivity (Wildman–Crippen MR) is 75.7 cm³/mol. The van der Waals surface area contributed by atoms with Crippen LogP contribution in [0.5, 0.6) is 0 Å². The lowest BCUT2D eigenvalue weighted by molar-refractivity contribution is -0.189. The van der Waals surface area contributed by atoms with Crippen molar-refractivity contribution in [2.24, 2.45) is 5.92 Å². The second-order valence-electron chi connectivity index (χ2n) is 5.71. The lowest BCUT2D eigenvalue weighted by Crippen LogP contribution is -2.49. The molecule has 1 unspecified atom stereocenters. The second-order valence-corrected chi connectivity index (χ2v) is 6.57. The van der Waals surface area contributed by atoms with Gasteiger partial charge in [0.25, 0.3) is 5.91 Å². The Morgan fingerprint density at radius 1 is 1.45 bits per heavy atom. The normalized spacial score (nSPS) is 21.0. The molecule has 9 heteroatoms. The summed E-state index contributed by atoms with van der Waals surface area (Å²) < 4.78 is 39.1. The average Bonchev–Trinajstić information content (AvgIpc) is 2.90. The van der Waals surface area contributed by atoms with Gasteiger partial charge < -0.3 is 10.2 Å². The third kappa shape index (κ3) is 3.08. The molecule has 0 saturated carbocycles. The van der Waals surface area contributed by atoms with Crippen LogP contribution in [-0.2, 0) is 4.79 Å². The Morgan fingerprint density at radius 2 is 2.09 bits per heavy atom. The van der Waals surface area contributed by atoms with Gasteiger partial charge in [0.2, 0.25) is 5.91 Å². The van der Waals surface area contributed by atoms with Crippen molar-refractivity contribution in [1.82, 2.24) is 9.88 Å². The zero-order valence-electron chi connectivity index (χ0n) is 12.3. The molecule has 1 aromatic rings. The van der Waals surface area contributed by atoms with E-state index >= 15 is 0 Å². The van der Waals surface area contributed by atoms with Gasteiger partial charge in [-0.1, -0.05) is 0 Å². The Hall–Kier alpha value is -1.64. The van der Waals surface area contributed by atoms with E-state index in [2.05, 4.69) is 10.3 Å². The summed E-state index contributed by atoms with van der Waals surface area (Å²) in [6.07, 6.45) is -4.47. The molecule has 0 aliphatic carbocycles. The summed E-state index contributed by atoms with van der Waals surface area (Å²) in [7, 11) is 0. The van der Waals surface area contributed by atoms with Gasteiger partial charge in [0.05, 0.1) is 5.92 Å². The van der Waals surface area contributed by atoms with E-state index in [4.69, 9.17) is 0 Å². The number of carbonyl (C=O) groups excluding carboxylic acids is 2. The number of nitrogens with zero attached hydrogens (tertiary/aromatic N) is 2. The summed E-state index contributed by atoms with van der Waals surface area (Å²) in [5.74, 6) is -2.44. The number of rotatable bonds is 2. The van der Waals surface area contributed by atoms with E-state index in [1.165, 1.54) is 31.1 Å². The number of aromatic nitrogens is 1. The first kappa shape index (κ1) is 16.7. The average molecular weight is 335 g/mol. The van der Waals surface area contributed by atoms with Gasteiger partial charge in [0, 0.05) is 24.4 Å². The summed E-state index contributed by atoms with van der Waals surface area (Å²) in [6, 6.07) is 0. The van der Waals surface area contributed by atoms with Crippen LogP contribution in [0, 0.1) is 5.92 Å². The minimum Gasteiger partial charge on any atom is -0.332 e. The number of nitrogens with one attached hydrogen (secondary N) is 1. The van der Waals surface area contributed by atoms with Gasteiger partial charge in [0.1, 0.15) is 5.69 Å². The Morgan fingerprint density at radius 3 is 2.59 bits per heavy atom. The Bertz CT molecular complexity index is 598. The van der Waals surface area contributed by atoms with E-state index in [0.29, 0.717) is 0 Å². The smallest absolute Gasteiger partial charge is 0.332 e. The highest BCUT2D eigenvalue weighted by molar-refractivity contribution is 7.14. The number of thiazole rings is 1. The first-order valence-corrected chi connectivity index (χ1v) is 7.53. The zero-order chi connectivity index (χ0) is 16.7. The van der Waals surface area contributed by atoms with Gasteiger partial charge in [-0.05, 0) is 20.3 Å². The highest BCUT2D eigenvalue weighted by atomic mass is 32.1. The van der Waals surface area contributed by atoms with Crippen LogP contribution in [0.2, 0.25) is 0 Å². The van der Waals surface area contributed by atoms with Crippen molar-refractivity contribution in [3.05, 3.63) is 11.1 Å².